The number of anilines is 1. The molecule has 1 unspecified atom stereocenters. The molecule has 1 aliphatic carbocycles. The maximum atomic E-state index is 11.3. The maximum absolute atomic E-state index is 11.3. The Kier molecular flexibility index (Phi) is 2.24. The first-order valence-corrected chi connectivity index (χ1v) is 6.03. The van der Waals surface area contributed by atoms with Crippen molar-refractivity contribution in [2.45, 2.75) is 25.3 Å². The Hall–Kier alpha value is -1.39. The van der Waals surface area contributed by atoms with Crippen molar-refractivity contribution in [1.29, 1.82) is 0 Å². The van der Waals surface area contributed by atoms with Gasteiger partial charge in [-0.2, -0.15) is 0 Å². The standard InChI is InChI=1S/C13H17N3O/c14-7-13(3-4-13)12(15)8-1-2-10-9(5-8)6-11(17)16-10/h1-2,5,12H,3-4,6-7,14-15H2,(H,16,17). The molecule has 1 aliphatic heterocycles. The van der Waals surface area contributed by atoms with Crippen LogP contribution in [0.5, 0.6) is 0 Å². The monoisotopic (exact) mass is 231 g/mol. The number of benzene rings is 1. The second-order valence-corrected chi connectivity index (χ2v) is 5.19. The van der Waals surface area contributed by atoms with Gasteiger partial charge in [0.1, 0.15) is 0 Å². The van der Waals surface area contributed by atoms with Crippen LogP contribution in [0.2, 0.25) is 0 Å². The number of hydrogen-bond donors (Lipinski definition) is 3. The van der Waals surface area contributed by atoms with Crippen LogP contribution in [0.15, 0.2) is 18.2 Å². The summed E-state index contributed by atoms with van der Waals surface area (Å²) in [6, 6.07) is 5.99. The van der Waals surface area contributed by atoms with Crippen LogP contribution in [0.4, 0.5) is 5.69 Å². The highest BCUT2D eigenvalue weighted by Crippen LogP contribution is 2.53. The van der Waals surface area contributed by atoms with E-state index in [1.807, 2.05) is 18.2 Å². The number of rotatable bonds is 3. The third-order valence-corrected chi connectivity index (χ3v) is 4.07. The van der Waals surface area contributed by atoms with Gasteiger partial charge in [-0.1, -0.05) is 12.1 Å². The van der Waals surface area contributed by atoms with Crippen molar-refractivity contribution in [1.82, 2.24) is 0 Å². The fourth-order valence-corrected chi connectivity index (χ4v) is 2.60. The summed E-state index contributed by atoms with van der Waals surface area (Å²) in [4.78, 5) is 11.3. The molecule has 0 spiro atoms. The molecular formula is C13H17N3O. The predicted molar refractivity (Wildman–Crippen MR) is 66.4 cm³/mol. The Labute approximate surface area is 100 Å². The average molecular weight is 231 g/mol. The fraction of sp³-hybridized carbons (Fsp3) is 0.462. The second-order valence-electron chi connectivity index (χ2n) is 5.19. The van der Waals surface area contributed by atoms with Gasteiger partial charge in [0.15, 0.2) is 0 Å². The number of carbonyl (C=O) groups excluding carboxylic acids is 1. The first-order chi connectivity index (χ1) is 8.14. The van der Waals surface area contributed by atoms with Gasteiger partial charge in [-0.15, -0.1) is 0 Å². The summed E-state index contributed by atoms with van der Waals surface area (Å²) >= 11 is 0. The number of carbonyl (C=O) groups is 1. The van der Waals surface area contributed by atoms with Crippen LogP contribution >= 0.6 is 0 Å². The Bertz CT molecular complexity index is 480. The van der Waals surface area contributed by atoms with E-state index in [1.165, 1.54) is 0 Å². The van der Waals surface area contributed by atoms with E-state index >= 15 is 0 Å². The fourth-order valence-electron chi connectivity index (χ4n) is 2.60. The third-order valence-electron chi connectivity index (χ3n) is 4.07. The number of fused-ring (bicyclic) bond motifs is 1. The maximum Gasteiger partial charge on any atom is 0.228 e. The minimum atomic E-state index is -0.00602. The highest BCUT2D eigenvalue weighted by atomic mass is 16.1. The zero-order chi connectivity index (χ0) is 12.0. The molecule has 1 saturated carbocycles. The van der Waals surface area contributed by atoms with Gasteiger partial charge in [0.2, 0.25) is 5.91 Å². The molecule has 3 rings (SSSR count). The highest BCUT2D eigenvalue weighted by Gasteiger charge is 2.47. The second kappa shape index (κ2) is 3.55. The van der Waals surface area contributed by atoms with Crippen LogP contribution in [0.3, 0.4) is 0 Å². The van der Waals surface area contributed by atoms with Crippen molar-refractivity contribution >= 4 is 11.6 Å². The van der Waals surface area contributed by atoms with Gasteiger partial charge in [-0.25, -0.2) is 0 Å². The third kappa shape index (κ3) is 1.64. The average Bonchev–Trinajstić information content (AvgIpc) is 3.03. The molecule has 17 heavy (non-hydrogen) atoms. The van der Waals surface area contributed by atoms with Gasteiger partial charge >= 0.3 is 0 Å². The molecule has 1 atom stereocenters. The topological polar surface area (TPSA) is 81.1 Å². The molecule has 4 heteroatoms. The van der Waals surface area contributed by atoms with Gasteiger partial charge < -0.3 is 16.8 Å². The van der Waals surface area contributed by atoms with Gasteiger partial charge in [0.25, 0.3) is 0 Å². The summed E-state index contributed by atoms with van der Waals surface area (Å²) in [6.45, 7) is 0.641. The number of nitrogens with one attached hydrogen (secondary N) is 1. The smallest absolute Gasteiger partial charge is 0.228 e. The van der Waals surface area contributed by atoms with Crippen LogP contribution in [-0.4, -0.2) is 12.5 Å². The molecule has 1 aromatic rings. The molecule has 1 aromatic carbocycles. The number of hydrogen-bond acceptors (Lipinski definition) is 3. The first kappa shape index (κ1) is 10.7. The minimum absolute atomic E-state index is 0.00602. The van der Waals surface area contributed by atoms with Crippen LogP contribution in [0, 0.1) is 5.41 Å². The number of amides is 1. The van der Waals surface area contributed by atoms with E-state index in [2.05, 4.69) is 5.32 Å². The molecule has 0 saturated heterocycles. The Morgan fingerprint density at radius 1 is 1.41 bits per heavy atom. The van der Waals surface area contributed by atoms with Crippen LogP contribution in [0.25, 0.3) is 0 Å². The van der Waals surface area contributed by atoms with Gasteiger partial charge in [-0.3, -0.25) is 4.79 Å². The van der Waals surface area contributed by atoms with Crippen molar-refractivity contribution in [2.75, 3.05) is 11.9 Å². The van der Waals surface area contributed by atoms with Crippen molar-refractivity contribution in [3.8, 4) is 0 Å². The zero-order valence-electron chi connectivity index (χ0n) is 9.70. The molecule has 0 radical (unpaired) electrons. The summed E-state index contributed by atoms with van der Waals surface area (Å²) in [6.07, 6.45) is 2.68. The largest absolute Gasteiger partial charge is 0.330 e. The predicted octanol–water partition coefficient (Wildman–Crippen LogP) is 0.920. The Morgan fingerprint density at radius 3 is 2.82 bits per heavy atom. The van der Waals surface area contributed by atoms with E-state index in [9.17, 15) is 4.79 Å². The molecule has 5 N–H and O–H groups in total. The van der Waals surface area contributed by atoms with Gasteiger partial charge in [0, 0.05) is 17.1 Å². The molecule has 4 nitrogen and oxygen atoms in total. The molecule has 0 aromatic heterocycles. The molecule has 1 heterocycles. The molecule has 2 aliphatic rings. The summed E-state index contributed by atoms with van der Waals surface area (Å²) in [5.74, 6) is 0.0608. The lowest BCUT2D eigenvalue weighted by Gasteiger charge is -2.22. The van der Waals surface area contributed by atoms with Crippen LogP contribution in [0.1, 0.15) is 30.0 Å². The molecular weight excluding hydrogens is 214 g/mol. The quantitative estimate of drug-likeness (QED) is 0.723. The van der Waals surface area contributed by atoms with E-state index in [1.54, 1.807) is 0 Å². The van der Waals surface area contributed by atoms with Crippen LogP contribution < -0.4 is 16.8 Å². The van der Waals surface area contributed by atoms with Crippen molar-refractivity contribution in [3.05, 3.63) is 29.3 Å². The summed E-state index contributed by atoms with van der Waals surface area (Å²) in [5, 5.41) is 2.83. The van der Waals surface area contributed by atoms with E-state index in [-0.39, 0.29) is 17.4 Å². The summed E-state index contributed by atoms with van der Waals surface area (Å²) < 4.78 is 0. The van der Waals surface area contributed by atoms with Crippen molar-refractivity contribution < 1.29 is 4.79 Å². The lowest BCUT2D eigenvalue weighted by molar-refractivity contribution is -0.115. The van der Waals surface area contributed by atoms with E-state index in [0.29, 0.717) is 13.0 Å². The van der Waals surface area contributed by atoms with E-state index in [4.69, 9.17) is 11.5 Å². The SMILES string of the molecule is NCC1(C(N)c2ccc3c(c2)CC(=O)N3)CC1. The van der Waals surface area contributed by atoms with Crippen molar-refractivity contribution in [2.24, 2.45) is 16.9 Å². The zero-order valence-corrected chi connectivity index (χ0v) is 9.70. The van der Waals surface area contributed by atoms with E-state index in [0.717, 1.165) is 29.7 Å². The molecule has 0 bridgehead atoms. The van der Waals surface area contributed by atoms with Crippen molar-refractivity contribution in [3.63, 3.8) is 0 Å². The molecule has 90 valence electrons. The minimum Gasteiger partial charge on any atom is -0.330 e. The highest BCUT2D eigenvalue weighted by molar-refractivity contribution is 5.99. The lowest BCUT2D eigenvalue weighted by Crippen LogP contribution is -2.29. The normalized spacial score (nSPS) is 21.9. The van der Waals surface area contributed by atoms with Crippen LogP contribution in [-0.2, 0) is 11.2 Å². The van der Waals surface area contributed by atoms with Gasteiger partial charge in [-0.05, 0) is 36.6 Å². The summed E-state index contributed by atoms with van der Waals surface area (Å²) in [7, 11) is 0. The first-order valence-electron chi connectivity index (χ1n) is 6.03. The van der Waals surface area contributed by atoms with Gasteiger partial charge in [0.05, 0.1) is 6.42 Å². The van der Waals surface area contributed by atoms with E-state index < -0.39 is 0 Å². The number of nitrogens with two attached hydrogens (primary N) is 2. The Balaban J connectivity index is 1.90. The summed E-state index contributed by atoms with van der Waals surface area (Å²) in [5.41, 5.74) is 15.3. The lowest BCUT2D eigenvalue weighted by atomic mass is 9.90. The molecule has 1 amide bonds. The Morgan fingerprint density at radius 2 is 2.18 bits per heavy atom. The molecule has 1 fully saturated rings.